The summed E-state index contributed by atoms with van der Waals surface area (Å²) in [5, 5.41) is 0. The predicted octanol–water partition coefficient (Wildman–Crippen LogP) is 7.68. The van der Waals surface area contributed by atoms with Crippen LogP contribution in [0.3, 0.4) is 0 Å². The fourth-order valence-corrected chi connectivity index (χ4v) is 5.13. The molecule has 2 rings (SSSR count). The van der Waals surface area contributed by atoms with Gasteiger partial charge in [0.05, 0.1) is 0 Å². The maximum atomic E-state index is 11.0. The lowest BCUT2D eigenvalue weighted by atomic mass is 9.86. The van der Waals surface area contributed by atoms with Crippen LogP contribution in [0.1, 0.15) is 104 Å². The number of phosphoric acid groups is 1. The molecule has 0 spiro atoms. The molecular weight excluding hydrogens is 423 g/mol. The van der Waals surface area contributed by atoms with Crippen molar-refractivity contribution in [2.45, 2.75) is 111 Å². The van der Waals surface area contributed by atoms with E-state index in [-0.39, 0.29) is 11.4 Å². The largest absolute Gasteiger partial charge is 0.524 e. The topological polar surface area (TPSA) is 76.0 Å². The molecule has 1 heterocycles. The number of aryl methyl sites for hydroxylation is 1. The van der Waals surface area contributed by atoms with Crippen molar-refractivity contribution in [3.63, 3.8) is 0 Å². The second-order valence-corrected chi connectivity index (χ2v) is 11.9. The van der Waals surface area contributed by atoms with Gasteiger partial charge in [-0.05, 0) is 74.1 Å². The molecule has 32 heavy (non-hydrogen) atoms. The third-order valence-corrected chi connectivity index (χ3v) is 7.26. The van der Waals surface area contributed by atoms with Gasteiger partial charge in [-0.25, -0.2) is 4.57 Å². The van der Waals surface area contributed by atoms with Crippen molar-refractivity contribution in [2.75, 3.05) is 0 Å². The lowest BCUT2D eigenvalue weighted by molar-refractivity contribution is 0.0523. The molecule has 1 aliphatic rings. The van der Waals surface area contributed by atoms with Crippen molar-refractivity contribution in [2.24, 2.45) is 17.8 Å². The summed E-state index contributed by atoms with van der Waals surface area (Å²) in [5.74, 6) is 3.42. The molecule has 2 N–H and O–H groups in total. The van der Waals surface area contributed by atoms with Crippen LogP contribution < -0.4 is 9.26 Å². The van der Waals surface area contributed by atoms with E-state index in [0.29, 0.717) is 0 Å². The Labute approximate surface area is 195 Å². The number of hydrogen-bond donors (Lipinski definition) is 2. The quantitative estimate of drug-likeness (QED) is 0.274. The second-order valence-electron chi connectivity index (χ2n) is 10.8. The number of benzene rings is 1. The van der Waals surface area contributed by atoms with Crippen molar-refractivity contribution in [3.05, 3.63) is 23.8 Å². The summed E-state index contributed by atoms with van der Waals surface area (Å²) in [4.78, 5) is 18.0. The van der Waals surface area contributed by atoms with Crippen LogP contribution in [0.5, 0.6) is 11.5 Å². The van der Waals surface area contributed by atoms with E-state index in [4.69, 9.17) is 19.0 Å². The Morgan fingerprint density at radius 1 is 1.00 bits per heavy atom. The van der Waals surface area contributed by atoms with Gasteiger partial charge in [0.15, 0.2) is 0 Å². The normalized spacial score (nSPS) is 20.5. The first kappa shape index (κ1) is 27.2. The maximum absolute atomic E-state index is 11.0. The number of ether oxygens (including phenoxy) is 1. The van der Waals surface area contributed by atoms with Gasteiger partial charge in [0.1, 0.15) is 17.1 Å². The zero-order chi connectivity index (χ0) is 23.8. The maximum Gasteiger partial charge on any atom is 0.524 e. The van der Waals surface area contributed by atoms with Gasteiger partial charge in [-0.15, -0.1) is 0 Å². The van der Waals surface area contributed by atoms with E-state index < -0.39 is 7.82 Å². The number of hydrogen-bond acceptors (Lipinski definition) is 3. The van der Waals surface area contributed by atoms with E-state index in [1.54, 1.807) is 18.2 Å². The Balaban J connectivity index is 1.68. The van der Waals surface area contributed by atoms with Crippen LogP contribution in [0.15, 0.2) is 18.2 Å². The van der Waals surface area contributed by atoms with Crippen molar-refractivity contribution in [3.8, 4) is 11.5 Å². The van der Waals surface area contributed by atoms with Crippen LogP contribution in [0.25, 0.3) is 0 Å². The average molecular weight is 469 g/mol. The lowest BCUT2D eigenvalue weighted by Gasteiger charge is -2.36. The molecule has 3 unspecified atom stereocenters. The Morgan fingerprint density at radius 3 is 2.19 bits per heavy atom. The smallest absolute Gasteiger partial charge is 0.487 e. The van der Waals surface area contributed by atoms with Crippen molar-refractivity contribution in [1.29, 1.82) is 0 Å². The summed E-state index contributed by atoms with van der Waals surface area (Å²) in [6, 6.07) is 5.01. The third-order valence-electron chi connectivity index (χ3n) is 6.81. The monoisotopic (exact) mass is 468 g/mol. The van der Waals surface area contributed by atoms with Gasteiger partial charge in [-0.3, -0.25) is 9.79 Å². The van der Waals surface area contributed by atoms with Gasteiger partial charge in [0.2, 0.25) is 0 Å². The molecule has 6 heteroatoms. The zero-order valence-corrected chi connectivity index (χ0v) is 21.7. The predicted molar refractivity (Wildman–Crippen MR) is 131 cm³/mol. The fourth-order valence-electron chi connectivity index (χ4n) is 4.74. The summed E-state index contributed by atoms with van der Waals surface area (Å²) in [7, 11) is -4.54. The molecule has 0 saturated heterocycles. The van der Waals surface area contributed by atoms with Crippen LogP contribution in [-0.4, -0.2) is 15.4 Å². The number of fused-ring (bicyclic) bond motifs is 1. The van der Waals surface area contributed by atoms with Gasteiger partial charge in [-0.1, -0.05) is 72.6 Å². The molecule has 0 saturated carbocycles. The van der Waals surface area contributed by atoms with Gasteiger partial charge < -0.3 is 9.26 Å². The molecule has 1 aliphatic heterocycles. The van der Waals surface area contributed by atoms with Crippen LogP contribution in [0.2, 0.25) is 0 Å². The molecule has 1 aromatic rings. The highest BCUT2D eigenvalue weighted by atomic mass is 31.2. The Morgan fingerprint density at radius 2 is 1.59 bits per heavy atom. The lowest BCUT2D eigenvalue weighted by Crippen LogP contribution is -2.36. The van der Waals surface area contributed by atoms with Gasteiger partial charge >= 0.3 is 7.82 Å². The Bertz CT molecular complexity index is 744. The van der Waals surface area contributed by atoms with E-state index in [2.05, 4.69) is 34.6 Å². The van der Waals surface area contributed by atoms with E-state index in [0.717, 1.165) is 54.7 Å². The van der Waals surface area contributed by atoms with Crippen molar-refractivity contribution in [1.82, 2.24) is 0 Å². The van der Waals surface area contributed by atoms with Gasteiger partial charge in [-0.2, -0.15) is 0 Å². The van der Waals surface area contributed by atoms with Crippen molar-refractivity contribution < 1.29 is 23.6 Å². The minimum absolute atomic E-state index is 0.177. The zero-order valence-electron chi connectivity index (χ0n) is 20.8. The third kappa shape index (κ3) is 10.3. The molecule has 0 amide bonds. The second kappa shape index (κ2) is 12.4. The Hall–Kier alpha value is -1.03. The van der Waals surface area contributed by atoms with E-state index in [1.165, 1.54) is 44.9 Å². The van der Waals surface area contributed by atoms with Crippen molar-refractivity contribution >= 4 is 7.82 Å². The van der Waals surface area contributed by atoms with Gasteiger partial charge in [0, 0.05) is 0 Å². The molecule has 5 nitrogen and oxygen atoms in total. The summed E-state index contributed by atoms with van der Waals surface area (Å²) in [6.07, 6.45) is 13.3. The summed E-state index contributed by atoms with van der Waals surface area (Å²) < 4.78 is 22.1. The van der Waals surface area contributed by atoms with Crippen LogP contribution in [0.4, 0.5) is 0 Å². The SMILES string of the molecule is CC(C)CCCC(C)CCCC(C)CCCC1(C)CCc2cc(OP(=O)(O)O)ccc2O1. The van der Waals surface area contributed by atoms with Crippen LogP contribution in [-0.2, 0) is 11.0 Å². The molecule has 1 aromatic carbocycles. The first-order valence-corrected chi connectivity index (χ1v) is 14.1. The van der Waals surface area contributed by atoms with E-state index in [1.807, 2.05) is 0 Å². The van der Waals surface area contributed by atoms with Gasteiger partial charge in [0.25, 0.3) is 0 Å². The summed E-state index contributed by atoms with van der Waals surface area (Å²) >= 11 is 0. The van der Waals surface area contributed by atoms with E-state index >= 15 is 0 Å². The number of rotatable bonds is 14. The highest BCUT2D eigenvalue weighted by Gasteiger charge is 2.31. The molecule has 0 aliphatic carbocycles. The minimum atomic E-state index is -4.54. The highest BCUT2D eigenvalue weighted by Crippen LogP contribution is 2.42. The molecule has 184 valence electrons. The first-order chi connectivity index (χ1) is 15.0. The summed E-state index contributed by atoms with van der Waals surface area (Å²) in [5.41, 5.74) is 0.771. The summed E-state index contributed by atoms with van der Waals surface area (Å²) in [6.45, 7) is 11.6. The average Bonchev–Trinajstić information content (AvgIpc) is 2.66. The Kier molecular flexibility index (Phi) is 10.6. The van der Waals surface area contributed by atoms with Crippen LogP contribution in [0, 0.1) is 17.8 Å². The molecular formula is C26H45O5P. The first-order valence-electron chi connectivity index (χ1n) is 12.5. The fraction of sp³-hybridized carbons (Fsp3) is 0.769. The molecule has 0 radical (unpaired) electrons. The molecule has 0 fully saturated rings. The van der Waals surface area contributed by atoms with Crippen LogP contribution >= 0.6 is 7.82 Å². The number of phosphoric ester groups is 1. The highest BCUT2D eigenvalue weighted by molar-refractivity contribution is 7.46. The molecule has 0 aromatic heterocycles. The molecule has 0 bridgehead atoms. The molecule has 3 atom stereocenters. The standard InChI is InChI=1S/C26H45O5P/c1-20(2)9-6-10-21(3)11-7-12-22(4)13-8-17-26(5)18-16-23-19-24(31-32(27,28)29)14-15-25(23)30-26/h14-15,19-22H,6-13,16-18H2,1-5H3,(H2,27,28,29). The van der Waals surface area contributed by atoms with E-state index in [9.17, 15) is 4.57 Å². The minimum Gasteiger partial charge on any atom is -0.487 e.